The van der Waals surface area contributed by atoms with Crippen LogP contribution >= 0.6 is 0 Å². The molecule has 1 amide bonds. The summed E-state index contributed by atoms with van der Waals surface area (Å²) in [4.78, 5) is 17.2. The minimum absolute atomic E-state index is 0.0760. The highest BCUT2D eigenvalue weighted by molar-refractivity contribution is 5.89. The Hall–Kier alpha value is -1.85. The molecule has 1 aliphatic rings. The molecule has 23 heavy (non-hydrogen) atoms. The summed E-state index contributed by atoms with van der Waals surface area (Å²) in [6.45, 7) is 4.03. The van der Waals surface area contributed by atoms with Crippen molar-refractivity contribution in [1.82, 2.24) is 14.5 Å². The highest BCUT2D eigenvalue weighted by Gasteiger charge is 2.26. The number of amides is 1. The number of nitrogens with one attached hydrogen (secondary N) is 1. The Labute approximate surface area is 137 Å². The van der Waals surface area contributed by atoms with E-state index in [1.54, 1.807) is 0 Å². The van der Waals surface area contributed by atoms with Crippen LogP contribution in [0.5, 0.6) is 0 Å². The van der Waals surface area contributed by atoms with Crippen molar-refractivity contribution < 1.29 is 4.79 Å². The van der Waals surface area contributed by atoms with Crippen LogP contribution in [0.15, 0.2) is 36.5 Å². The maximum Gasteiger partial charge on any atom is 0.243 e. The summed E-state index contributed by atoms with van der Waals surface area (Å²) < 4.78 is 1.84. The van der Waals surface area contributed by atoms with Gasteiger partial charge in [-0.1, -0.05) is 18.2 Å². The zero-order chi connectivity index (χ0) is 16.2. The van der Waals surface area contributed by atoms with Crippen molar-refractivity contribution in [3.05, 3.63) is 36.5 Å². The average Bonchev–Trinajstić information content (AvgIpc) is 2.96. The van der Waals surface area contributed by atoms with E-state index in [4.69, 9.17) is 0 Å². The fourth-order valence-corrected chi connectivity index (χ4v) is 3.20. The molecule has 0 spiro atoms. The van der Waals surface area contributed by atoms with Crippen molar-refractivity contribution in [1.29, 1.82) is 0 Å². The standard InChI is InChI=1S/C18H26N4O/c1-20(2)12-13-21-10-5-7-16(14-21)18(23)19-22-11-9-15-6-3-4-8-17(15)22/h3-4,6,8-9,11,16H,5,7,10,12-14H2,1-2H3,(H,19,23). The first kappa shape index (κ1) is 16.0. The van der Waals surface area contributed by atoms with Gasteiger partial charge in [-0.15, -0.1) is 0 Å². The number of carbonyl (C=O) groups is 1. The molecule has 1 saturated heterocycles. The van der Waals surface area contributed by atoms with Gasteiger partial charge < -0.3 is 9.80 Å². The van der Waals surface area contributed by atoms with Gasteiger partial charge in [-0.25, -0.2) is 0 Å². The molecule has 0 aliphatic carbocycles. The van der Waals surface area contributed by atoms with E-state index in [1.165, 1.54) is 0 Å². The van der Waals surface area contributed by atoms with Crippen LogP contribution in [0.2, 0.25) is 0 Å². The largest absolute Gasteiger partial charge is 0.308 e. The topological polar surface area (TPSA) is 40.5 Å². The second kappa shape index (κ2) is 7.15. The van der Waals surface area contributed by atoms with E-state index in [0.29, 0.717) is 0 Å². The minimum Gasteiger partial charge on any atom is -0.308 e. The van der Waals surface area contributed by atoms with Gasteiger partial charge in [0.25, 0.3) is 0 Å². The number of hydrogen-bond donors (Lipinski definition) is 1. The van der Waals surface area contributed by atoms with Gasteiger partial charge in [0, 0.05) is 31.2 Å². The van der Waals surface area contributed by atoms with Gasteiger partial charge in [0.15, 0.2) is 0 Å². The first-order chi connectivity index (χ1) is 11.1. The van der Waals surface area contributed by atoms with Crippen LogP contribution in [0.1, 0.15) is 12.8 Å². The first-order valence-electron chi connectivity index (χ1n) is 8.37. The molecule has 1 aliphatic heterocycles. The minimum atomic E-state index is 0.0760. The van der Waals surface area contributed by atoms with Crippen LogP contribution in [0.25, 0.3) is 10.9 Å². The molecule has 3 rings (SSSR count). The first-order valence-corrected chi connectivity index (χ1v) is 8.37. The summed E-state index contributed by atoms with van der Waals surface area (Å²) in [5.74, 6) is 0.202. The summed E-state index contributed by atoms with van der Waals surface area (Å²) in [5.41, 5.74) is 4.10. The van der Waals surface area contributed by atoms with Crippen LogP contribution < -0.4 is 5.43 Å². The predicted molar refractivity (Wildman–Crippen MR) is 94.0 cm³/mol. The maximum absolute atomic E-state index is 12.6. The number of piperidine rings is 1. The number of carbonyl (C=O) groups excluding carboxylic acids is 1. The van der Waals surface area contributed by atoms with Crippen LogP contribution in [0, 0.1) is 5.92 Å². The monoisotopic (exact) mass is 314 g/mol. The van der Waals surface area contributed by atoms with Crippen molar-refractivity contribution in [3.8, 4) is 0 Å². The van der Waals surface area contributed by atoms with E-state index in [0.717, 1.165) is 49.9 Å². The summed E-state index contributed by atoms with van der Waals surface area (Å²) in [6, 6.07) is 10.1. The van der Waals surface area contributed by atoms with Gasteiger partial charge in [0.1, 0.15) is 0 Å². The summed E-state index contributed by atoms with van der Waals surface area (Å²) >= 11 is 0. The number of benzene rings is 1. The van der Waals surface area contributed by atoms with Gasteiger partial charge in [-0.2, -0.15) is 0 Å². The molecule has 0 bridgehead atoms. The Morgan fingerprint density at radius 1 is 1.30 bits per heavy atom. The van der Waals surface area contributed by atoms with Crippen molar-refractivity contribution in [2.24, 2.45) is 5.92 Å². The SMILES string of the molecule is CN(C)CCN1CCCC(C(=O)Nn2ccc3ccccc32)C1. The highest BCUT2D eigenvalue weighted by Crippen LogP contribution is 2.18. The fraction of sp³-hybridized carbons (Fsp3) is 0.500. The molecule has 1 fully saturated rings. The van der Waals surface area contributed by atoms with Crippen LogP contribution in [-0.2, 0) is 4.79 Å². The van der Waals surface area contributed by atoms with Gasteiger partial charge in [-0.3, -0.25) is 14.9 Å². The van der Waals surface area contributed by atoms with E-state index in [-0.39, 0.29) is 11.8 Å². The quantitative estimate of drug-likeness (QED) is 0.917. The molecule has 1 N–H and O–H groups in total. The van der Waals surface area contributed by atoms with Crippen LogP contribution in [0.4, 0.5) is 0 Å². The lowest BCUT2D eigenvalue weighted by molar-refractivity contribution is -0.122. The van der Waals surface area contributed by atoms with E-state index in [1.807, 2.05) is 35.1 Å². The van der Waals surface area contributed by atoms with E-state index in [9.17, 15) is 4.79 Å². The molecule has 1 unspecified atom stereocenters. The third-order valence-electron chi connectivity index (χ3n) is 4.57. The molecule has 2 heterocycles. The molecule has 1 atom stereocenters. The Morgan fingerprint density at radius 3 is 2.96 bits per heavy atom. The third kappa shape index (κ3) is 3.92. The second-order valence-electron chi connectivity index (χ2n) is 6.66. The lowest BCUT2D eigenvalue weighted by Gasteiger charge is -2.32. The number of likely N-dealkylation sites (tertiary alicyclic amines) is 1. The number of rotatable bonds is 5. The maximum atomic E-state index is 12.6. The Bertz CT molecular complexity index is 664. The van der Waals surface area contributed by atoms with E-state index in [2.05, 4.69) is 35.4 Å². The van der Waals surface area contributed by atoms with Crippen molar-refractivity contribution >= 4 is 16.8 Å². The molecule has 124 valence electrons. The molecular formula is C18H26N4O. The van der Waals surface area contributed by atoms with Crippen LogP contribution in [0.3, 0.4) is 0 Å². The predicted octanol–water partition coefficient (Wildman–Crippen LogP) is 1.98. The molecule has 1 aromatic heterocycles. The van der Waals surface area contributed by atoms with E-state index >= 15 is 0 Å². The molecule has 0 saturated carbocycles. The molecular weight excluding hydrogens is 288 g/mol. The van der Waals surface area contributed by atoms with Gasteiger partial charge >= 0.3 is 0 Å². The number of aromatic nitrogens is 1. The zero-order valence-corrected chi connectivity index (χ0v) is 14.0. The lowest BCUT2D eigenvalue weighted by Crippen LogP contribution is -2.44. The van der Waals surface area contributed by atoms with Gasteiger partial charge in [0.05, 0.1) is 11.4 Å². The fourth-order valence-electron chi connectivity index (χ4n) is 3.20. The normalized spacial score (nSPS) is 19.3. The number of hydrogen-bond acceptors (Lipinski definition) is 3. The molecule has 2 aromatic rings. The van der Waals surface area contributed by atoms with E-state index < -0.39 is 0 Å². The van der Waals surface area contributed by atoms with Gasteiger partial charge in [0.2, 0.25) is 5.91 Å². The van der Waals surface area contributed by atoms with Crippen molar-refractivity contribution in [3.63, 3.8) is 0 Å². The summed E-state index contributed by atoms with van der Waals surface area (Å²) in [6.07, 6.45) is 4.00. The Balaban J connectivity index is 1.61. The number of nitrogens with zero attached hydrogens (tertiary/aromatic N) is 3. The highest BCUT2D eigenvalue weighted by atomic mass is 16.2. The van der Waals surface area contributed by atoms with Crippen molar-refractivity contribution in [2.45, 2.75) is 12.8 Å². The molecule has 5 heteroatoms. The average molecular weight is 314 g/mol. The second-order valence-corrected chi connectivity index (χ2v) is 6.66. The van der Waals surface area contributed by atoms with Crippen LogP contribution in [-0.4, -0.2) is 60.7 Å². The number of fused-ring (bicyclic) bond motifs is 1. The third-order valence-corrected chi connectivity index (χ3v) is 4.57. The Morgan fingerprint density at radius 2 is 2.13 bits per heavy atom. The lowest BCUT2D eigenvalue weighted by atomic mass is 9.97. The van der Waals surface area contributed by atoms with Crippen molar-refractivity contribution in [2.75, 3.05) is 45.7 Å². The van der Waals surface area contributed by atoms with Gasteiger partial charge in [-0.05, 0) is 45.6 Å². The number of likely N-dealkylation sites (N-methyl/N-ethyl adjacent to an activating group) is 1. The smallest absolute Gasteiger partial charge is 0.243 e. The summed E-state index contributed by atoms with van der Waals surface area (Å²) in [5, 5.41) is 1.14. The number of para-hydroxylation sites is 1. The Kier molecular flexibility index (Phi) is 4.98. The molecule has 1 aromatic carbocycles. The molecule has 0 radical (unpaired) electrons. The summed E-state index contributed by atoms with van der Waals surface area (Å²) in [7, 11) is 4.18. The molecule has 5 nitrogen and oxygen atoms in total. The zero-order valence-electron chi connectivity index (χ0n) is 14.0.